The maximum absolute atomic E-state index is 12.5. The van der Waals surface area contributed by atoms with Crippen molar-refractivity contribution in [1.82, 2.24) is 15.2 Å². The van der Waals surface area contributed by atoms with E-state index in [9.17, 15) is 9.59 Å². The smallest absolute Gasteiger partial charge is 0.321 e. The lowest BCUT2D eigenvalue weighted by atomic mass is 10.2. The van der Waals surface area contributed by atoms with E-state index in [0.29, 0.717) is 13.2 Å². The van der Waals surface area contributed by atoms with Gasteiger partial charge in [0.15, 0.2) is 0 Å². The number of hydrogen-bond donors (Lipinski definition) is 2. The number of rotatable bonds is 8. The van der Waals surface area contributed by atoms with Crippen LogP contribution in [0.25, 0.3) is 10.6 Å². The molecule has 3 aromatic rings. The minimum absolute atomic E-state index is 0.0704. The number of benzene rings is 2. The van der Waals surface area contributed by atoms with Gasteiger partial charge in [-0.05, 0) is 49.6 Å². The predicted octanol–water partition coefficient (Wildman–Crippen LogP) is 4.70. The van der Waals surface area contributed by atoms with E-state index in [1.807, 2.05) is 65.7 Å². The Kier molecular flexibility index (Phi) is 7.57. The Balaban J connectivity index is 1.31. The molecule has 2 aromatic carbocycles. The van der Waals surface area contributed by atoms with Gasteiger partial charge in [0.05, 0.1) is 24.3 Å². The van der Waals surface area contributed by atoms with Crippen LogP contribution in [0, 0.1) is 0 Å². The fraction of sp³-hybridized carbons (Fsp3) is 0.320. The molecule has 33 heavy (non-hydrogen) atoms. The second-order valence-electron chi connectivity index (χ2n) is 7.85. The Morgan fingerprint density at radius 3 is 2.76 bits per heavy atom. The van der Waals surface area contributed by atoms with Crippen LogP contribution in [0.3, 0.4) is 0 Å². The third-order valence-electron chi connectivity index (χ3n) is 5.37. The summed E-state index contributed by atoms with van der Waals surface area (Å²) in [5.41, 5.74) is 3.32. The van der Waals surface area contributed by atoms with Crippen LogP contribution in [0.2, 0.25) is 0 Å². The number of nitrogens with one attached hydrogen (secondary N) is 2. The number of nitrogens with zero attached hydrogens (tertiary/aromatic N) is 2. The molecule has 1 aliphatic heterocycles. The molecule has 0 radical (unpaired) electrons. The van der Waals surface area contributed by atoms with Gasteiger partial charge >= 0.3 is 6.03 Å². The lowest BCUT2D eigenvalue weighted by Gasteiger charge is -2.16. The monoisotopic (exact) mass is 464 g/mol. The van der Waals surface area contributed by atoms with E-state index >= 15 is 0 Å². The molecule has 3 amide bonds. The maximum atomic E-state index is 12.5. The summed E-state index contributed by atoms with van der Waals surface area (Å²) in [6, 6.07) is 15.3. The summed E-state index contributed by atoms with van der Waals surface area (Å²) in [4.78, 5) is 31.2. The van der Waals surface area contributed by atoms with Gasteiger partial charge in [-0.1, -0.05) is 24.3 Å². The van der Waals surface area contributed by atoms with Crippen LogP contribution in [0.4, 0.5) is 10.5 Å². The molecule has 0 unspecified atom stereocenters. The highest BCUT2D eigenvalue weighted by Crippen LogP contribution is 2.32. The quantitative estimate of drug-likeness (QED) is 0.506. The van der Waals surface area contributed by atoms with Gasteiger partial charge in [-0.3, -0.25) is 4.79 Å². The number of carbonyl (C=O) groups is 2. The average Bonchev–Trinajstić information content (AvgIpc) is 3.51. The largest absolute Gasteiger partial charge is 0.493 e. The molecule has 0 bridgehead atoms. The number of likely N-dealkylation sites (tertiary alicyclic amines) is 1. The number of amides is 3. The summed E-state index contributed by atoms with van der Waals surface area (Å²) in [6.07, 6.45) is 2.32. The van der Waals surface area contributed by atoms with Crippen molar-refractivity contribution in [3.05, 3.63) is 65.2 Å². The Morgan fingerprint density at radius 2 is 1.94 bits per heavy atom. The molecule has 0 atom stereocenters. The van der Waals surface area contributed by atoms with Gasteiger partial charge < -0.3 is 20.3 Å². The number of carbonyl (C=O) groups excluding carboxylic acids is 2. The number of hydrogen-bond acceptors (Lipinski definition) is 5. The van der Waals surface area contributed by atoms with Crippen molar-refractivity contribution < 1.29 is 14.3 Å². The van der Waals surface area contributed by atoms with Crippen LogP contribution in [0.15, 0.2) is 53.9 Å². The average molecular weight is 465 g/mol. The van der Waals surface area contributed by atoms with Crippen LogP contribution in [-0.2, 0) is 17.8 Å². The molecule has 2 N–H and O–H groups in total. The van der Waals surface area contributed by atoms with Crippen LogP contribution in [0.5, 0.6) is 5.75 Å². The number of aromatic nitrogens is 1. The fourth-order valence-electron chi connectivity index (χ4n) is 3.75. The fourth-order valence-corrected chi connectivity index (χ4v) is 4.60. The molecule has 4 rings (SSSR count). The number of ether oxygens (including phenoxy) is 1. The molecule has 0 aliphatic carbocycles. The Hall–Kier alpha value is -3.39. The highest BCUT2D eigenvalue weighted by Gasteiger charge is 2.18. The second kappa shape index (κ2) is 11.0. The van der Waals surface area contributed by atoms with Crippen LogP contribution in [0.1, 0.15) is 31.0 Å². The summed E-state index contributed by atoms with van der Waals surface area (Å²) >= 11 is 1.50. The summed E-state index contributed by atoms with van der Waals surface area (Å²) in [5.74, 6) is 0.693. The zero-order chi connectivity index (χ0) is 23.0. The van der Waals surface area contributed by atoms with E-state index in [-0.39, 0.29) is 18.4 Å². The maximum Gasteiger partial charge on any atom is 0.321 e. The lowest BCUT2D eigenvalue weighted by Crippen LogP contribution is -2.32. The summed E-state index contributed by atoms with van der Waals surface area (Å²) < 4.78 is 5.69. The number of para-hydroxylation sites is 1. The first-order valence-electron chi connectivity index (χ1n) is 11.2. The Morgan fingerprint density at radius 1 is 1.12 bits per heavy atom. The first-order chi connectivity index (χ1) is 16.1. The van der Waals surface area contributed by atoms with E-state index in [4.69, 9.17) is 4.74 Å². The van der Waals surface area contributed by atoms with Crippen molar-refractivity contribution in [3.8, 4) is 16.3 Å². The Bertz CT molecular complexity index is 1110. The van der Waals surface area contributed by atoms with Gasteiger partial charge in [0.2, 0.25) is 5.91 Å². The van der Waals surface area contributed by atoms with Crippen molar-refractivity contribution in [3.63, 3.8) is 0 Å². The van der Waals surface area contributed by atoms with Gasteiger partial charge in [0, 0.05) is 30.7 Å². The summed E-state index contributed by atoms with van der Waals surface area (Å²) in [5, 5.41) is 8.63. The van der Waals surface area contributed by atoms with E-state index in [0.717, 1.165) is 59.2 Å². The molecule has 1 saturated heterocycles. The standard InChI is InChI=1S/C25H28N4O3S/c1-2-32-22-11-4-3-10-21(22)24-27-20(17-33-24)15-23(30)26-16-18-8-7-9-19(14-18)28-25(31)29-12-5-6-13-29/h3-4,7-11,14,17H,2,5-6,12-13,15-16H2,1H3,(H,26,30)(H,28,31). The van der Waals surface area contributed by atoms with Crippen molar-refractivity contribution in [2.75, 3.05) is 25.0 Å². The van der Waals surface area contributed by atoms with E-state index in [2.05, 4.69) is 15.6 Å². The lowest BCUT2D eigenvalue weighted by molar-refractivity contribution is -0.120. The van der Waals surface area contributed by atoms with Crippen LogP contribution in [-0.4, -0.2) is 41.5 Å². The van der Waals surface area contributed by atoms with Gasteiger partial charge in [0.1, 0.15) is 10.8 Å². The highest BCUT2D eigenvalue weighted by molar-refractivity contribution is 7.13. The summed E-state index contributed by atoms with van der Waals surface area (Å²) in [6.45, 7) is 4.52. The molecule has 1 fully saturated rings. The molecular formula is C25H28N4O3S. The van der Waals surface area contributed by atoms with Crippen molar-refractivity contribution >= 4 is 29.0 Å². The first kappa shape index (κ1) is 22.8. The molecule has 172 valence electrons. The molecule has 1 aromatic heterocycles. The van der Waals surface area contributed by atoms with Gasteiger partial charge in [-0.25, -0.2) is 9.78 Å². The van der Waals surface area contributed by atoms with Gasteiger partial charge in [-0.2, -0.15) is 0 Å². The van der Waals surface area contributed by atoms with Crippen molar-refractivity contribution in [2.24, 2.45) is 0 Å². The minimum atomic E-state index is -0.101. The third-order valence-corrected chi connectivity index (χ3v) is 6.30. The SMILES string of the molecule is CCOc1ccccc1-c1nc(CC(=O)NCc2cccc(NC(=O)N3CCCC3)c2)cs1. The highest BCUT2D eigenvalue weighted by atomic mass is 32.1. The van der Waals surface area contributed by atoms with E-state index in [1.165, 1.54) is 11.3 Å². The third kappa shape index (κ3) is 6.10. The molecule has 7 nitrogen and oxygen atoms in total. The molecule has 8 heteroatoms. The molecule has 0 spiro atoms. The predicted molar refractivity (Wildman–Crippen MR) is 131 cm³/mol. The first-order valence-corrected chi connectivity index (χ1v) is 12.1. The van der Waals surface area contributed by atoms with Crippen LogP contribution >= 0.6 is 11.3 Å². The molecule has 0 saturated carbocycles. The van der Waals surface area contributed by atoms with E-state index in [1.54, 1.807) is 0 Å². The number of thiazole rings is 1. The molecule has 1 aliphatic rings. The Labute approximate surface area is 197 Å². The zero-order valence-electron chi connectivity index (χ0n) is 18.7. The van der Waals surface area contributed by atoms with Gasteiger partial charge in [-0.15, -0.1) is 11.3 Å². The van der Waals surface area contributed by atoms with Crippen molar-refractivity contribution in [2.45, 2.75) is 32.7 Å². The summed E-state index contributed by atoms with van der Waals surface area (Å²) in [7, 11) is 0. The zero-order valence-corrected chi connectivity index (χ0v) is 19.5. The number of urea groups is 1. The topological polar surface area (TPSA) is 83.6 Å². The normalized spacial score (nSPS) is 13.1. The van der Waals surface area contributed by atoms with Gasteiger partial charge in [0.25, 0.3) is 0 Å². The molecule has 2 heterocycles. The van der Waals surface area contributed by atoms with E-state index < -0.39 is 0 Å². The van der Waals surface area contributed by atoms with Crippen LogP contribution < -0.4 is 15.4 Å². The minimum Gasteiger partial charge on any atom is -0.493 e. The second-order valence-corrected chi connectivity index (χ2v) is 8.71. The molecular weight excluding hydrogens is 436 g/mol. The number of anilines is 1. The van der Waals surface area contributed by atoms with Crippen molar-refractivity contribution in [1.29, 1.82) is 0 Å².